The van der Waals surface area contributed by atoms with Crippen molar-refractivity contribution < 1.29 is 9.53 Å². The molecule has 0 fully saturated rings. The van der Waals surface area contributed by atoms with Gasteiger partial charge in [-0.05, 0) is 31.6 Å². The highest BCUT2D eigenvalue weighted by Crippen LogP contribution is 2.51. The van der Waals surface area contributed by atoms with E-state index in [0.717, 1.165) is 17.8 Å². The summed E-state index contributed by atoms with van der Waals surface area (Å²) in [4.78, 5) is 11.6. The van der Waals surface area contributed by atoms with E-state index in [1.807, 2.05) is 13.8 Å². The van der Waals surface area contributed by atoms with E-state index in [1.54, 1.807) is 6.08 Å². The van der Waals surface area contributed by atoms with E-state index in [2.05, 4.69) is 19.9 Å². The summed E-state index contributed by atoms with van der Waals surface area (Å²) in [6.45, 7) is 8.22. The highest BCUT2D eigenvalue weighted by atomic mass is 16.5. The van der Waals surface area contributed by atoms with Gasteiger partial charge in [-0.2, -0.15) is 0 Å². The molecule has 0 amide bonds. The van der Waals surface area contributed by atoms with Crippen LogP contribution in [0.2, 0.25) is 0 Å². The van der Waals surface area contributed by atoms with E-state index in [9.17, 15) is 4.79 Å². The van der Waals surface area contributed by atoms with Crippen LogP contribution in [0.1, 0.15) is 40.5 Å². The smallest absolute Gasteiger partial charge is 0.156 e. The first kappa shape index (κ1) is 10.5. The SMILES string of the molecule is CC1=CCC2(O1)C(C)=CC(=O)CC2(C)C. The second-order valence-electron chi connectivity index (χ2n) is 5.30. The van der Waals surface area contributed by atoms with Gasteiger partial charge in [0.1, 0.15) is 5.60 Å². The molecule has 0 saturated carbocycles. The Morgan fingerprint density at radius 3 is 2.47 bits per heavy atom. The molecule has 0 bridgehead atoms. The fourth-order valence-corrected chi connectivity index (χ4v) is 2.82. The Kier molecular flexibility index (Phi) is 2.07. The molecule has 0 radical (unpaired) electrons. The van der Waals surface area contributed by atoms with E-state index in [-0.39, 0.29) is 16.8 Å². The monoisotopic (exact) mass is 206 g/mol. The van der Waals surface area contributed by atoms with Crippen molar-refractivity contribution in [3.63, 3.8) is 0 Å². The van der Waals surface area contributed by atoms with Gasteiger partial charge in [0.25, 0.3) is 0 Å². The molecule has 2 rings (SSSR count). The number of ether oxygens (including phenoxy) is 1. The van der Waals surface area contributed by atoms with Crippen molar-refractivity contribution in [2.24, 2.45) is 5.41 Å². The molecule has 1 heterocycles. The average Bonchev–Trinajstić information content (AvgIpc) is 2.45. The molecule has 1 unspecified atom stereocenters. The van der Waals surface area contributed by atoms with Crippen molar-refractivity contribution in [1.82, 2.24) is 0 Å². The summed E-state index contributed by atoms with van der Waals surface area (Å²) in [6.07, 6.45) is 5.33. The van der Waals surface area contributed by atoms with Gasteiger partial charge in [-0.3, -0.25) is 4.79 Å². The first-order chi connectivity index (χ1) is 6.87. The van der Waals surface area contributed by atoms with Gasteiger partial charge in [0, 0.05) is 18.3 Å². The van der Waals surface area contributed by atoms with Gasteiger partial charge in [0.2, 0.25) is 0 Å². The van der Waals surface area contributed by atoms with Gasteiger partial charge in [-0.1, -0.05) is 13.8 Å². The Morgan fingerprint density at radius 2 is 2.00 bits per heavy atom. The van der Waals surface area contributed by atoms with Crippen LogP contribution in [0.5, 0.6) is 0 Å². The Labute approximate surface area is 91.0 Å². The summed E-state index contributed by atoms with van der Waals surface area (Å²) >= 11 is 0. The minimum atomic E-state index is -0.273. The van der Waals surface area contributed by atoms with Crippen molar-refractivity contribution in [3.05, 3.63) is 23.5 Å². The molecule has 2 nitrogen and oxygen atoms in total. The fourth-order valence-electron chi connectivity index (χ4n) is 2.82. The lowest BCUT2D eigenvalue weighted by atomic mass is 9.64. The van der Waals surface area contributed by atoms with Gasteiger partial charge in [-0.15, -0.1) is 0 Å². The molecule has 0 aromatic heterocycles. The molecule has 0 aromatic carbocycles. The molecule has 0 N–H and O–H groups in total. The lowest BCUT2D eigenvalue weighted by molar-refractivity contribution is -0.124. The molecular formula is C13H18O2. The Morgan fingerprint density at radius 1 is 1.33 bits per heavy atom. The fraction of sp³-hybridized carbons (Fsp3) is 0.615. The summed E-state index contributed by atoms with van der Waals surface area (Å²) < 4.78 is 6.01. The minimum absolute atomic E-state index is 0.114. The third-order valence-corrected chi connectivity index (χ3v) is 3.74. The molecule has 0 saturated heterocycles. The first-order valence-electron chi connectivity index (χ1n) is 5.45. The number of rotatable bonds is 0. The van der Waals surface area contributed by atoms with Crippen LogP contribution in [-0.2, 0) is 9.53 Å². The van der Waals surface area contributed by atoms with Crippen LogP contribution in [0.3, 0.4) is 0 Å². The van der Waals surface area contributed by atoms with Crippen molar-refractivity contribution >= 4 is 5.78 Å². The van der Waals surface area contributed by atoms with Crippen LogP contribution in [-0.4, -0.2) is 11.4 Å². The minimum Gasteiger partial charge on any atom is -0.487 e. The molecular weight excluding hydrogens is 188 g/mol. The highest BCUT2D eigenvalue weighted by molar-refractivity contribution is 5.92. The molecule has 82 valence electrons. The molecule has 2 heteroatoms. The number of carbonyl (C=O) groups is 1. The van der Waals surface area contributed by atoms with Crippen molar-refractivity contribution in [3.8, 4) is 0 Å². The normalized spacial score (nSPS) is 33.7. The second kappa shape index (κ2) is 2.97. The maximum absolute atomic E-state index is 11.6. The Balaban J connectivity index is 2.46. The van der Waals surface area contributed by atoms with Crippen LogP contribution < -0.4 is 0 Å². The summed E-state index contributed by atoms with van der Waals surface area (Å²) in [5, 5.41) is 0. The molecule has 0 aromatic rings. The van der Waals surface area contributed by atoms with Gasteiger partial charge in [0.15, 0.2) is 5.78 Å². The number of hydrogen-bond donors (Lipinski definition) is 0. The Hall–Kier alpha value is -1.05. The zero-order valence-corrected chi connectivity index (χ0v) is 9.89. The van der Waals surface area contributed by atoms with Gasteiger partial charge >= 0.3 is 0 Å². The molecule has 1 aliphatic heterocycles. The molecule has 1 aliphatic carbocycles. The largest absolute Gasteiger partial charge is 0.487 e. The van der Waals surface area contributed by atoms with E-state index in [0.29, 0.717) is 6.42 Å². The zero-order chi connectivity index (χ0) is 11.3. The van der Waals surface area contributed by atoms with Crippen LogP contribution in [0.15, 0.2) is 23.5 Å². The summed E-state index contributed by atoms with van der Waals surface area (Å²) in [5.74, 6) is 1.20. The van der Waals surface area contributed by atoms with Crippen LogP contribution in [0, 0.1) is 5.41 Å². The van der Waals surface area contributed by atoms with Gasteiger partial charge < -0.3 is 4.74 Å². The van der Waals surface area contributed by atoms with Crippen LogP contribution in [0.25, 0.3) is 0 Å². The molecule has 1 spiro atoms. The van der Waals surface area contributed by atoms with E-state index in [1.165, 1.54) is 0 Å². The predicted molar refractivity (Wildman–Crippen MR) is 59.4 cm³/mol. The van der Waals surface area contributed by atoms with Crippen molar-refractivity contribution in [1.29, 1.82) is 0 Å². The highest BCUT2D eigenvalue weighted by Gasteiger charge is 2.53. The standard InChI is InChI=1S/C13H18O2/c1-9-7-11(14)8-12(3,4)13(9)6-5-10(2)15-13/h5,7H,6,8H2,1-4H3. The zero-order valence-electron chi connectivity index (χ0n) is 9.89. The molecule has 15 heavy (non-hydrogen) atoms. The maximum Gasteiger partial charge on any atom is 0.156 e. The van der Waals surface area contributed by atoms with Crippen LogP contribution >= 0.6 is 0 Å². The summed E-state index contributed by atoms with van der Waals surface area (Å²) in [5.41, 5.74) is 0.680. The average molecular weight is 206 g/mol. The topological polar surface area (TPSA) is 26.3 Å². The summed E-state index contributed by atoms with van der Waals surface area (Å²) in [7, 11) is 0. The van der Waals surface area contributed by atoms with Crippen molar-refractivity contribution in [2.45, 2.75) is 46.1 Å². The number of hydrogen-bond acceptors (Lipinski definition) is 2. The lowest BCUT2D eigenvalue weighted by Gasteiger charge is -2.46. The second-order valence-corrected chi connectivity index (χ2v) is 5.30. The van der Waals surface area contributed by atoms with E-state index >= 15 is 0 Å². The van der Waals surface area contributed by atoms with E-state index < -0.39 is 0 Å². The van der Waals surface area contributed by atoms with E-state index in [4.69, 9.17) is 4.74 Å². The lowest BCUT2D eigenvalue weighted by Crippen LogP contribution is -2.49. The number of ketones is 1. The first-order valence-corrected chi connectivity index (χ1v) is 5.45. The van der Waals surface area contributed by atoms with Gasteiger partial charge in [0.05, 0.1) is 5.76 Å². The van der Waals surface area contributed by atoms with Gasteiger partial charge in [-0.25, -0.2) is 0 Å². The molecule has 1 atom stereocenters. The number of carbonyl (C=O) groups excluding carboxylic acids is 1. The van der Waals surface area contributed by atoms with Crippen LogP contribution in [0.4, 0.5) is 0 Å². The quantitative estimate of drug-likeness (QED) is 0.609. The Bertz CT molecular complexity index is 374. The maximum atomic E-state index is 11.6. The predicted octanol–water partition coefficient (Wildman–Crippen LogP) is 2.99. The number of allylic oxidation sites excluding steroid dienone is 2. The third kappa shape index (κ3) is 1.35. The third-order valence-electron chi connectivity index (χ3n) is 3.74. The van der Waals surface area contributed by atoms with Crippen molar-refractivity contribution in [2.75, 3.05) is 0 Å². The molecule has 2 aliphatic rings. The summed E-state index contributed by atoms with van der Waals surface area (Å²) in [6, 6.07) is 0.